The first kappa shape index (κ1) is 19.2. The quantitative estimate of drug-likeness (QED) is 0.847. The van der Waals surface area contributed by atoms with Crippen LogP contribution in [0, 0.1) is 0 Å². The molecule has 2 aromatic rings. The Labute approximate surface area is 158 Å². The maximum atomic E-state index is 12.7. The summed E-state index contributed by atoms with van der Waals surface area (Å²) in [5.41, 5.74) is 0.761. The fraction of sp³-hybridized carbons (Fsp3) is 0.316. The lowest BCUT2D eigenvalue weighted by molar-refractivity contribution is -0.0124. The Morgan fingerprint density at radius 1 is 1.22 bits per heavy atom. The van der Waals surface area contributed by atoms with Crippen LogP contribution in [-0.4, -0.2) is 52.1 Å². The van der Waals surface area contributed by atoms with Crippen molar-refractivity contribution >= 4 is 21.6 Å². The number of nitrogens with one attached hydrogen (secondary N) is 1. The van der Waals surface area contributed by atoms with Crippen molar-refractivity contribution in [1.29, 1.82) is 0 Å². The predicted molar refractivity (Wildman–Crippen MR) is 102 cm³/mol. The number of hydrogen-bond donors (Lipinski definition) is 1. The average Bonchev–Trinajstić information content (AvgIpc) is 2.67. The molecule has 144 valence electrons. The van der Waals surface area contributed by atoms with E-state index < -0.39 is 10.0 Å². The summed E-state index contributed by atoms with van der Waals surface area (Å²) in [6.07, 6.45) is -0.0144. The van der Waals surface area contributed by atoms with Gasteiger partial charge in [0, 0.05) is 24.3 Å². The summed E-state index contributed by atoms with van der Waals surface area (Å²) < 4.78 is 38.1. The molecule has 1 heterocycles. The summed E-state index contributed by atoms with van der Waals surface area (Å²) >= 11 is 0. The highest BCUT2D eigenvalue weighted by Crippen LogP contribution is 2.21. The minimum absolute atomic E-state index is 0.0144. The number of sulfonamides is 1. The Morgan fingerprint density at radius 3 is 2.63 bits per heavy atom. The third-order valence-electron chi connectivity index (χ3n) is 4.26. The molecule has 0 radical (unpaired) electrons. The Morgan fingerprint density at radius 2 is 1.96 bits per heavy atom. The highest BCUT2D eigenvalue weighted by molar-refractivity contribution is 7.92. The van der Waals surface area contributed by atoms with Crippen LogP contribution in [0.3, 0.4) is 0 Å². The number of hydrogen-bond acceptors (Lipinski definition) is 5. The maximum absolute atomic E-state index is 12.7. The molecule has 2 aromatic carbocycles. The van der Waals surface area contributed by atoms with Gasteiger partial charge in [-0.05, 0) is 49.4 Å². The molecule has 8 heteroatoms. The Hall–Kier alpha value is -2.58. The number of rotatable bonds is 5. The molecule has 0 bridgehead atoms. The molecular weight excluding hydrogens is 368 g/mol. The number of ether oxygens (including phenoxy) is 2. The van der Waals surface area contributed by atoms with Crippen molar-refractivity contribution in [3.63, 3.8) is 0 Å². The van der Waals surface area contributed by atoms with Crippen molar-refractivity contribution in [2.45, 2.75) is 17.9 Å². The van der Waals surface area contributed by atoms with Gasteiger partial charge in [-0.3, -0.25) is 9.52 Å². The first-order valence-electron chi connectivity index (χ1n) is 8.57. The maximum Gasteiger partial charge on any atom is 0.261 e. The zero-order valence-electron chi connectivity index (χ0n) is 15.2. The van der Waals surface area contributed by atoms with Gasteiger partial charge in [-0.25, -0.2) is 8.42 Å². The molecule has 0 aromatic heterocycles. The number of anilines is 1. The smallest absolute Gasteiger partial charge is 0.261 e. The van der Waals surface area contributed by atoms with Crippen LogP contribution in [0.15, 0.2) is 53.4 Å². The van der Waals surface area contributed by atoms with Crippen LogP contribution in [0.4, 0.5) is 5.69 Å². The van der Waals surface area contributed by atoms with Crippen LogP contribution in [-0.2, 0) is 14.8 Å². The zero-order valence-corrected chi connectivity index (χ0v) is 16.0. The number of amides is 1. The molecule has 1 N–H and O–H groups in total. The van der Waals surface area contributed by atoms with Gasteiger partial charge in [0.2, 0.25) is 0 Å². The van der Waals surface area contributed by atoms with E-state index in [2.05, 4.69) is 4.72 Å². The first-order valence-corrected chi connectivity index (χ1v) is 10.1. The Balaban J connectivity index is 1.77. The van der Waals surface area contributed by atoms with Crippen molar-refractivity contribution in [2.75, 3.05) is 31.5 Å². The second kappa shape index (κ2) is 7.98. The lowest BCUT2D eigenvalue weighted by Gasteiger charge is -2.31. The molecule has 1 aliphatic heterocycles. The van der Waals surface area contributed by atoms with E-state index in [0.717, 1.165) is 0 Å². The van der Waals surface area contributed by atoms with Gasteiger partial charge in [0.1, 0.15) is 5.75 Å². The molecule has 1 saturated heterocycles. The van der Waals surface area contributed by atoms with Crippen LogP contribution in [0.1, 0.15) is 17.3 Å². The topological polar surface area (TPSA) is 84.9 Å². The van der Waals surface area contributed by atoms with Crippen LogP contribution in [0.2, 0.25) is 0 Å². The van der Waals surface area contributed by atoms with E-state index in [4.69, 9.17) is 9.47 Å². The molecule has 0 aliphatic carbocycles. The van der Waals surface area contributed by atoms with E-state index >= 15 is 0 Å². The average molecular weight is 390 g/mol. The molecule has 1 atom stereocenters. The lowest BCUT2D eigenvalue weighted by Crippen LogP contribution is -2.44. The van der Waals surface area contributed by atoms with Gasteiger partial charge in [-0.15, -0.1) is 0 Å². The van der Waals surface area contributed by atoms with E-state index in [1.165, 1.54) is 19.2 Å². The summed E-state index contributed by atoms with van der Waals surface area (Å²) in [5, 5.41) is 0. The van der Waals surface area contributed by atoms with Crippen LogP contribution >= 0.6 is 0 Å². The van der Waals surface area contributed by atoms with Crippen molar-refractivity contribution in [3.8, 4) is 5.75 Å². The van der Waals surface area contributed by atoms with Crippen molar-refractivity contribution < 1.29 is 22.7 Å². The highest BCUT2D eigenvalue weighted by atomic mass is 32.2. The van der Waals surface area contributed by atoms with Gasteiger partial charge in [0.25, 0.3) is 15.9 Å². The van der Waals surface area contributed by atoms with E-state index in [-0.39, 0.29) is 16.9 Å². The van der Waals surface area contributed by atoms with Gasteiger partial charge in [-0.2, -0.15) is 0 Å². The van der Waals surface area contributed by atoms with Gasteiger partial charge < -0.3 is 14.4 Å². The minimum Gasteiger partial charge on any atom is -0.497 e. The number of nitrogens with zero attached hydrogens (tertiary/aromatic N) is 1. The number of carbonyl (C=O) groups is 1. The number of methoxy groups -OCH3 is 1. The van der Waals surface area contributed by atoms with Gasteiger partial charge in [-0.1, -0.05) is 6.07 Å². The molecule has 1 aliphatic rings. The number of carbonyl (C=O) groups excluding carboxylic acids is 1. The van der Waals surface area contributed by atoms with Crippen LogP contribution in [0.5, 0.6) is 5.75 Å². The molecule has 27 heavy (non-hydrogen) atoms. The van der Waals surface area contributed by atoms with Gasteiger partial charge in [0.15, 0.2) is 0 Å². The summed E-state index contributed by atoms with van der Waals surface area (Å²) in [6.45, 7) is 3.45. The summed E-state index contributed by atoms with van der Waals surface area (Å²) in [6, 6.07) is 12.6. The van der Waals surface area contributed by atoms with Crippen molar-refractivity contribution in [1.82, 2.24) is 4.90 Å². The Bertz CT molecular complexity index is 912. The second-order valence-corrected chi connectivity index (χ2v) is 7.98. The zero-order chi connectivity index (χ0) is 19.4. The largest absolute Gasteiger partial charge is 0.497 e. The highest BCUT2D eigenvalue weighted by Gasteiger charge is 2.23. The number of benzene rings is 2. The molecule has 0 saturated carbocycles. The van der Waals surface area contributed by atoms with Crippen molar-refractivity contribution in [2.24, 2.45) is 0 Å². The van der Waals surface area contributed by atoms with E-state index in [1.54, 1.807) is 41.3 Å². The SMILES string of the molecule is COc1ccc(S(=O)(=O)Nc2cccc(C(=O)N3CCOC(C)C3)c2)cc1. The standard InChI is InChI=1S/C19H22N2O5S/c1-14-13-21(10-11-26-14)19(22)15-4-3-5-16(12-15)20-27(23,24)18-8-6-17(25-2)7-9-18/h3-9,12,14,20H,10-11,13H2,1-2H3. The molecule has 1 unspecified atom stereocenters. The fourth-order valence-corrected chi connectivity index (χ4v) is 3.92. The Kier molecular flexibility index (Phi) is 5.67. The van der Waals surface area contributed by atoms with E-state index in [0.29, 0.717) is 36.7 Å². The molecule has 0 spiro atoms. The second-order valence-electron chi connectivity index (χ2n) is 6.29. The number of morpholine rings is 1. The van der Waals surface area contributed by atoms with Gasteiger partial charge in [0.05, 0.1) is 24.7 Å². The summed E-state index contributed by atoms with van der Waals surface area (Å²) in [4.78, 5) is 14.5. The monoisotopic (exact) mass is 390 g/mol. The summed E-state index contributed by atoms with van der Waals surface area (Å²) in [5.74, 6) is 0.428. The van der Waals surface area contributed by atoms with Crippen LogP contribution < -0.4 is 9.46 Å². The predicted octanol–water partition coefficient (Wildman–Crippen LogP) is 2.36. The van der Waals surface area contributed by atoms with Crippen molar-refractivity contribution in [3.05, 3.63) is 54.1 Å². The normalized spacial score (nSPS) is 17.4. The van der Waals surface area contributed by atoms with E-state index in [9.17, 15) is 13.2 Å². The molecule has 3 rings (SSSR count). The van der Waals surface area contributed by atoms with Crippen LogP contribution in [0.25, 0.3) is 0 Å². The summed E-state index contributed by atoms with van der Waals surface area (Å²) in [7, 11) is -2.25. The molecule has 1 amide bonds. The minimum atomic E-state index is -3.76. The van der Waals surface area contributed by atoms with Gasteiger partial charge >= 0.3 is 0 Å². The molecule has 1 fully saturated rings. The van der Waals surface area contributed by atoms with E-state index in [1.807, 2.05) is 6.92 Å². The fourth-order valence-electron chi connectivity index (χ4n) is 2.87. The first-order chi connectivity index (χ1) is 12.9. The molecule has 7 nitrogen and oxygen atoms in total. The third-order valence-corrected chi connectivity index (χ3v) is 5.66. The molecular formula is C19H22N2O5S. The third kappa shape index (κ3) is 4.58. The lowest BCUT2D eigenvalue weighted by atomic mass is 10.1.